The third-order valence-corrected chi connectivity index (χ3v) is 17.6. The van der Waals surface area contributed by atoms with Gasteiger partial charge in [0.25, 0.3) is 0 Å². The van der Waals surface area contributed by atoms with Crippen LogP contribution in [0.3, 0.4) is 0 Å². The highest BCUT2D eigenvalue weighted by Crippen LogP contribution is 2.45. The lowest BCUT2D eigenvalue weighted by molar-refractivity contribution is -0.161. The molecule has 0 spiro atoms. The number of allylic oxidation sites excluding steroid dienone is 28. The van der Waals surface area contributed by atoms with Crippen molar-refractivity contribution in [2.45, 2.75) is 303 Å². The summed E-state index contributed by atoms with van der Waals surface area (Å²) in [7, 11) is -10.0. The molecule has 0 aliphatic heterocycles. The maximum absolute atomic E-state index is 13.1. The highest BCUT2D eigenvalue weighted by Gasteiger charge is 2.30. The van der Waals surface area contributed by atoms with E-state index in [1.165, 1.54) is 25.7 Å². The van der Waals surface area contributed by atoms with Crippen molar-refractivity contribution in [3.05, 3.63) is 170 Å². The molecule has 0 heterocycles. The van der Waals surface area contributed by atoms with Gasteiger partial charge in [0.05, 0.1) is 26.4 Å². The summed E-state index contributed by atoms with van der Waals surface area (Å²) in [4.78, 5) is 73.0. The van der Waals surface area contributed by atoms with Gasteiger partial charge in [-0.3, -0.25) is 37.3 Å². The van der Waals surface area contributed by atoms with Gasteiger partial charge < -0.3 is 33.8 Å². The van der Waals surface area contributed by atoms with Crippen LogP contribution in [0.4, 0.5) is 0 Å². The molecule has 5 unspecified atom stereocenters. The van der Waals surface area contributed by atoms with Crippen LogP contribution in [0.25, 0.3) is 0 Å². The number of ether oxygens (including phenoxy) is 4. The molecule has 0 fully saturated rings. The lowest BCUT2D eigenvalue weighted by Crippen LogP contribution is -2.30. The van der Waals surface area contributed by atoms with Gasteiger partial charge >= 0.3 is 39.5 Å². The first-order valence-corrected chi connectivity index (χ1v) is 42.4. The van der Waals surface area contributed by atoms with Crippen LogP contribution >= 0.6 is 15.6 Å². The van der Waals surface area contributed by atoms with E-state index in [0.717, 1.165) is 173 Å². The van der Waals surface area contributed by atoms with E-state index >= 15 is 0 Å². The van der Waals surface area contributed by atoms with Crippen molar-refractivity contribution in [3.63, 3.8) is 0 Å². The summed E-state index contributed by atoms with van der Waals surface area (Å²) >= 11 is 0. The lowest BCUT2D eigenvalue weighted by atomic mass is 10.1. The van der Waals surface area contributed by atoms with Crippen LogP contribution in [-0.2, 0) is 65.4 Å². The summed E-state index contributed by atoms with van der Waals surface area (Å²) in [5.41, 5.74) is 0. The number of rotatable bonds is 72. The Bertz CT molecular complexity index is 2640. The maximum atomic E-state index is 13.1. The Balaban J connectivity index is 5.46. The molecule has 0 aromatic heterocycles. The predicted molar refractivity (Wildman–Crippen MR) is 426 cm³/mol. The summed E-state index contributed by atoms with van der Waals surface area (Å²) in [6.07, 6.45) is 89.2. The molecule has 590 valence electrons. The fourth-order valence-corrected chi connectivity index (χ4v) is 11.3. The van der Waals surface area contributed by atoms with Crippen molar-refractivity contribution in [1.29, 1.82) is 0 Å². The zero-order valence-corrected chi connectivity index (χ0v) is 66.2. The molecule has 104 heavy (non-hydrogen) atoms. The number of aliphatic hydroxyl groups excluding tert-OH is 1. The highest BCUT2D eigenvalue weighted by atomic mass is 31.2. The second kappa shape index (κ2) is 75.6. The van der Waals surface area contributed by atoms with Crippen molar-refractivity contribution in [2.24, 2.45) is 0 Å². The number of phosphoric ester groups is 2. The molecule has 5 atom stereocenters. The molecule has 0 radical (unpaired) electrons. The van der Waals surface area contributed by atoms with Gasteiger partial charge in [0.1, 0.15) is 19.3 Å². The predicted octanol–water partition coefficient (Wildman–Crippen LogP) is 23.0. The molecular weight excluding hydrogens is 1350 g/mol. The van der Waals surface area contributed by atoms with Crippen LogP contribution in [0.15, 0.2) is 170 Å². The molecule has 0 aromatic rings. The van der Waals surface area contributed by atoms with Crippen LogP contribution in [0.5, 0.6) is 0 Å². The molecule has 19 heteroatoms. The number of carbonyl (C=O) groups excluding carboxylic acids is 4. The molecule has 3 N–H and O–H groups in total. The second-order valence-corrected chi connectivity index (χ2v) is 28.4. The van der Waals surface area contributed by atoms with E-state index in [2.05, 4.69) is 186 Å². The van der Waals surface area contributed by atoms with E-state index in [0.29, 0.717) is 32.1 Å². The smallest absolute Gasteiger partial charge is 0.462 e. The topological polar surface area (TPSA) is 237 Å². The standard InChI is InChI=1S/C85H138O17P2/c1-5-9-13-17-21-25-29-33-36-38-39-41-44-47-50-54-58-62-66-70-83(88)95-75-80(101-84(89)71-67-63-59-55-51-45-32-28-24-20-16-12-8-4)77-99-103(91,92)97-73-79(86)74-98-104(93,94)100-78-81(102-85(90)72-68-64-60-56-52-48-42-35-31-27-23-19-15-11-7-3)76-96-82(87)69-65-61-57-53-49-46-43-40-37-34-30-26-22-18-14-10-6-2/h9-11,13-15,21-23,25-28,32-37,39,41-43,46-47,50,53,57,79-81,86H,5-8,12,16-20,24,29-31,38,40,44-45,48-49,51-52,54-56,58-78H2,1-4H3,(H,91,92)(H,93,94)/b13-9-,14-10-,15-11-,25-21-,26-22-,27-23-,32-28-,36-33-,37-34-,41-39-,42-35-,46-43-,50-47-,57-53-. The first-order valence-electron chi connectivity index (χ1n) is 39.4. The molecule has 0 aliphatic rings. The average Bonchev–Trinajstić information content (AvgIpc) is 0.939. The molecule has 0 amide bonds. The van der Waals surface area contributed by atoms with E-state index in [1.54, 1.807) is 0 Å². The largest absolute Gasteiger partial charge is 0.472 e. The quantitative estimate of drug-likeness (QED) is 0.0169. The van der Waals surface area contributed by atoms with Crippen molar-refractivity contribution >= 4 is 39.5 Å². The van der Waals surface area contributed by atoms with E-state index < -0.39 is 97.5 Å². The van der Waals surface area contributed by atoms with Crippen molar-refractivity contribution in [2.75, 3.05) is 39.6 Å². The Morgan fingerprint density at radius 1 is 0.279 bits per heavy atom. The SMILES string of the molecule is CC/C=C\C/C=C\C/C=C\C/C=C\C/C=C\CCCCCC(=O)OCC(COP(=O)(O)OCC(O)COP(=O)(O)OCC(COC(=O)CCC/C=C\C/C=C\C/C=C\C/C=C\C/C=C\CC)OC(=O)CCCCCCC/C=C\C/C=C\C/C=C\CC)OC(=O)CCCCCCC/C=C\CCCCCC. The Morgan fingerprint density at radius 2 is 0.510 bits per heavy atom. The zero-order valence-electron chi connectivity index (χ0n) is 64.4. The molecule has 0 saturated heterocycles. The number of carbonyl (C=O) groups is 4. The minimum atomic E-state index is -5.00. The summed E-state index contributed by atoms with van der Waals surface area (Å²) in [5, 5.41) is 10.6. The van der Waals surface area contributed by atoms with Gasteiger partial charge in [-0.15, -0.1) is 0 Å². The second-order valence-electron chi connectivity index (χ2n) is 25.5. The Hall–Kier alpha value is -5.58. The van der Waals surface area contributed by atoms with Gasteiger partial charge in [-0.05, 0) is 167 Å². The van der Waals surface area contributed by atoms with Crippen LogP contribution in [0.2, 0.25) is 0 Å². The number of hydrogen-bond donors (Lipinski definition) is 3. The average molecular weight is 1490 g/mol. The van der Waals surface area contributed by atoms with Gasteiger partial charge in [-0.25, -0.2) is 9.13 Å². The van der Waals surface area contributed by atoms with Crippen LogP contribution in [0, 0.1) is 0 Å². The number of phosphoric acid groups is 2. The summed E-state index contributed by atoms with van der Waals surface area (Å²) in [6.45, 7) is 4.37. The number of esters is 4. The third-order valence-electron chi connectivity index (χ3n) is 15.7. The lowest BCUT2D eigenvalue weighted by Gasteiger charge is -2.21. The van der Waals surface area contributed by atoms with Gasteiger partial charge in [0.2, 0.25) is 0 Å². The van der Waals surface area contributed by atoms with Crippen LogP contribution in [0.1, 0.15) is 285 Å². The highest BCUT2D eigenvalue weighted by molar-refractivity contribution is 7.47. The summed E-state index contributed by atoms with van der Waals surface area (Å²) in [6, 6.07) is 0. The molecule has 17 nitrogen and oxygen atoms in total. The van der Waals surface area contributed by atoms with E-state index in [9.17, 15) is 43.2 Å². The third kappa shape index (κ3) is 74.7. The Labute approximate surface area is 629 Å². The Kier molecular flexibility index (Phi) is 71.6. The van der Waals surface area contributed by atoms with Crippen LogP contribution < -0.4 is 0 Å². The zero-order chi connectivity index (χ0) is 76.0. The molecule has 0 bridgehead atoms. The molecule has 0 aliphatic carbocycles. The first-order chi connectivity index (χ1) is 50.7. The number of aliphatic hydroxyl groups is 1. The summed E-state index contributed by atoms with van der Waals surface area (Å²) < 4.78 is 68.5. The maximum Gasteiger partial charge on any atom is 0.472 e. The molecule has 0 rings (SSSR count). The molecular formula is C85H138O17P2. The minimum Gasteiger partial charge on any atom is -0.462 e. The fourth-order valence-electron chi connectivity index (χ4n) is 9.76. The monoisotopic (exact) mass is 1490 g/mol. The van der Waals surface area contributed by atoms with E-state index in [4.69, 9.17) is 37.0 Å². The van der Waals surface area contributed by atoms with Gasteiger partial charge in [-0.1, -0.05) is 262 Å². The van der Waals surface area contributed by atoms with Gasteiger partial charge in [-0.2, -0.15) is 0 Å². The minimum absolute atomic E-state index is 0.0565. The number of hydrogen-bond acceptors (Lipinski definition) is 15. The van der Waals surface area contributed by atoms with Crippen LogP contribution in [-0.4, -0.2) is 96.7 Å². The molecule has 0 aromatic carbocycles. The fraction of sp³-hybridized carbons (Fsp3) is 0.624. The van der Waals surface area contributed by atoms with Crippen molar-refractivity contribution in [3.8, 4) is 0 Å². The van der Waals surface area contributed by atoms with Gasteiger partial charge in [0.15, 0.2) is 12.2 Å². The normalized spacial score (nSPS) is 14.8. The Morgan fingerprint density at radius 3 is 0.827 bits per heavy atom. The van der Waals surface area contributed by atoms with Crippen molar-refractivity contribution in [1.82, 2.24) is 0 Å². The first kappa shape index (κ1) is 98.4. The van der Waals surface area contributed by atoms with E-state index in [-0.39, 0.29) is 25.7 Å². The van der Waals surface area contributed by atoms with Gasteiger partial charge in [0, 0.05) is 25.7 Å². The molecule has 0 saturated carbocycles. The van der Waals surface area contributed by atoms with Crippen molar-refractivity contribution < 1.29 is 80.2 Å². The number of unbranched alkanes of at least 4 members (excludes halogenated alkanes) is 18. The van der Waals surface area contributed by atoms with E-state index in [1.807, 2.05) is 12.2 Å². The summed E-state index contributed by atoms with van der Waals surface area (Å²) in [5.74, 6) is -2.32.